The molecular weight excluding hydrogens is 282 g/mol. The molecule has 1 atom stereocenters. The van der Waals surface area contributed by atoms with Crippen LogP contribution in [0.4, 0.5) is 0 Å². The zero-order chi connectivity index (χ0) is 14.0. The van der Waals surface area contributed by atoms with E-state index in [9.17, 15) is 8.42 Å². The molecule has 0 aliphatic heterocycles. The number of hydrogen-bond acceptors (Lipinski definition) is 2. The van der Waals surface area contributed by atoms with Gasteiger partial charge in [0, 0.05) is 11.1 Å². The van der Waals surface area contributed by atoms with Crippen LogP contribution in [-0.2, 0) is 10.0 Å². The Balaban J connectivity index is 2.20. The molecule has 104 valence electrons. The van der Waals surface area contributed by atoms with Crippen molar-refractivity contribution < 1.29 is 8.42 Å². The summed E-state index contributed by atoms with van der Waals surface area (Å²) < 4.78 is 26.7. The molecular formula is C14H18ClNO2S. The van der Waals surface area contributed by atoms with Crippen molar-refractivity contribution in [1.29, 1.82) is 0 Å². The molecule has 1 aromatic rings. The summed E-state index contributed by atoms with van der Waals surface area (Å²) in [6, 6.07) is 7.37. The van der Waals surface area contributed by atoms with E-state index in [1.54, 1.807) is 13.8 Å². The molecule has 5 heteroatoms. The van der Waals surface area contributed by atoms with Crippen molar-refractivity contribution in [3.05, 3.63) is 40.9 Å². The molecule has 0 spiro atoms. The summed E-state index contributed by atoms with van der Waals surface area (Å²) in [5.41, 5.74) is 2.07. The number of nitrogens with one attached hydrogen (secondary N) is 1. The van der Waals surface area contributed by atoms with Crippen LogP contribution < -0.4 is 4.72 Å². The highest BCUT2D eigenvalue weighted by Crippen LogP contribution is 2.29. The molecule has 0 amide bonds. The van der Waals surface area contributed by atoms with Crippen LogP contribution in [0.1, 0.15) is 32.3 Å². The van der Waals surface area contributed by atoms with Gasteiger partial charge in [-0.1, -0.05) is 29.8 Å². The maximum absolute atomic E-state index is 12.0. The third-order valence-corrected chi connectivity index (χ3v) is 5.41. The predicted molar refractivity (Wildman–Crippen MR) is 79.6 cm³/mol. The molecule has 1 aromatic carbocycles. The second-order valence-corrected chi connectivity index (χ2v) is 7.71. The lowest BCUT2D eigenvalue weighted by molar-refractivity contribution is 0.561. The first-order valence-electron chi connectivity index (χ1n) is 6.37. The summed E-state index contributed by atoms with van der Waals surface area (Å²) in [5.74, 6) is 0. The SMILES string of the molecule is CC(C)S(=O)(=O)NC1CCC=C1c1ccc(Cl)cc1. The van der Waals surface area contributed by atoms with Gasteiger partial charge in [0.05, 0.1) is 5.25 Å². The molecule has 0 saturated heterocycles. The van der Waals surface area contributed by atoms with E-state index in [1.807, 2.05) is 24.3 Å². The van der Waals surface area contributed by atoms with Crippen molar-refractivity contribution in [3.63, 3.8) is 0 Å². The van der Waals surface area contributed by atoms with Gasteiger partial charge in [0.25, 0.3) is 0 Å². The summed E-state index contributed by atoms with van der Waals surface area (Å²) in [5, 5.41) is 0.265. The normalized spacial score (nSPS) is 19.8. The quantitative estimate of drug-likeness (QED) is 0.928. The molecule has 0 aromatic heterocycles. The Kier molecular flexibility index (Phi) is 4.33. The molecule has 1 aliphatic carbocycles. The molecule has 0 heterocycles. The first kappa shape index (κ1) is 14.6. The maximum Gasteiger partial charge on any atom is 0.214 e. The third-order valence-electron chi connectivity index (χ3n) is 3.30. The lowest BCUT2D eigenvalue weighted by atomic mass is 10.0. The minimum atomic E-state index is -3.25. The highest BCUT2D eigenvalue weighted by atomic mass is 35.5. The highest BCUT2D eigenvalue weighted by Gasteiger charge is 2.26. The van der Waals surface area contributed by atoms with E-state index in [0.29, 0.717) is 5.02 Å². The topological polar surface area (TPSA) is 46.2 Å². The first-order valence-corrected chi connectivity index (χ1v) is 8.30. The van der Waals surface area contributed by atoms with Gasteiger partial charge < -0.3 is 0 Å². The van der Waals surface area contributed by atoms with Crippen LogP contribution >= 0.6 is 11.6 Å². The molecule has 0 saturated carbocycles. The molecule has 0 radical (unpaired) electrons. The van der Waals surface area contributed by atoms with Crippen LogP contribution in [0.25, 0.3) is 5.57 Å². The van der Waals surface area contributed by atoms with Gasteiger partial charge in [0.15, 0.2) is 0 Å². The summed E-state index contributed by atoms with van der Waals surface area (Å²) in [6.07, 6.45) is 3.80. The fraction of sp³-hybridized carbons (Fsp3) is 0.429. The predicted octanol–water partition coefficient (Wildman–Crippen LogP) is 3.21. The summed E-state index contributed by atoms with van der Waals surface area (Å²) >= 11 is 5.87. The average molecular weight is 300 g/mol. The van der Waals surface area contributed by atoms with E-state index in [2.05, 4.69) is 10.8 Å². The number of sulfonamides is 1. The van der Waals surface area contributed by atoms with E-state index < -0.39 is 15.3 Å². The summed E-state index contributed by atoms with van der Waals surface area (Å²) in [6.45, 7) is 3.37. The smallest absolute Gasteiger partial charge is 0.212 e. The monoisotopic (exact) mass is 299 g/mol. The van der Waals surface area contributed by atoms with Crippen LogP contribution in [0.2, 0.25) is 5.02 Å². The van der Waals surface area contributed by atoms with Crippen molar-refractivity contribution in [2.24, 2.45) is 0 Å². The molecule has 0 fully saturated rings. The number of rotatable bonds is 4. The zero-order valence-electron chi connectivity index (χ0n) is 11.1. The first-order chi connectivity index (χ1) is 8.90. The molecule has 3 nitrogen and oxygen atoms in total. The van der Waals surface area contributed by atoms with Crippen LogP contribution in [-0.4, -0.2) is 19.7 Å². The van der Waals surface area contributed by atoms with Crippen LogP contribution in [0, 0.1) is 0 Å². The van der Waals surface area contributed by atoms with Gasteiger partial charge in [-0.25, -0.2) is 13.1 Å². The summed E-state index contributed by atoms with van der Waals surface area (Å²) in [4.78, 5) is 0. The van der Waals surface area contributed by atoms with Gasteiger partial charge >= 0.3 is 0 Å². The second kappa shape index (κ2) is 5.65. The van der Waals surface area contributed by atoms with Gasteiger partial charge in [-0.05, 0) is 50.0 Å². The minimum Gasteiger partial charge on any atom is -0.212 e. The molecule has 1 N–H and O–H groups in total. The standard InChI is InChI=1S/C14H18ClNO2S/c1-10(2)19(17,18)16-14-5-3-4-13(14)11-6-8-12(15)9-7-11/h4,6-10,14,16H,3,5H2,1-2H3. The molecule has 0 bridgehead atoms. The van der Waals surface area contributed by atoms with Gasteiger partial charge in [0.1, 0.15) is 0 Å². The Bertz CT molecular complexity index is 576. The number of benzene rings is 1. The largest absolute Gasteiger partial charge is 0.214 e. The van der Waals surface area contributed by atoms with Gasteiger partial charge in [0.2, 0.25) is 10.0 Å². The Morgan fingerprint density at radius 1 is 1.26 bits per heavy atom. The number of hydrogen-bond donors (Lipinski definition) is 1. The fourth-order valence-corrected chi connectivity index (χ4v) is 3.16. The lowest BCUT2D eigenvalue weighted by Crippen LogP contribution is -2.38. The van der Waals surface area contributed by atoms with Crippen molar-refractivity contribution in [3.8, 4) is 0 Å². The number of halogens is 1. The average Bonchev–Trinajstić information content (AvgIpc) is 2.77. The van der Waals surface area contributed by atoms with E-state index >= 15 is 0 Å². The third kappa shape index (κ3) is 3.38. The second-order valence-electron chi connectivity index (χ2n) is 5.01. The lowest BCUT2D eigenvalue weighted by Gasteiger charge is -2.19. The highest BCUT2D eigenvalue weighted by molar-refractivity contribution is 7.90. The van der Waals surface area contributed by atoms with Crippen LogP contribution in [0.15, 0.2) is 30.3 Å². The zero-order valence-corrected chi connectivity index (χ0v) is 12.6. The Morgan fingerprint density at radius 2 is 1.89 bits per heavy atom. The molecule has 2 rings (SSSR count). The molecule has 19 heavy (non-hydrogen) atoms. The van der Waals surface area contributed by atoms with E-state index in [-0.39, 0.29) is 6.04 Å². The minimum absolute atomic E-state index is 0.131. The van der Waals surface area contributed by atoms with Crippen molar-refractivity contribution in [2.75, 3.05) is 0 Å². The van der Waals surface area contributed by atoms with E-state index in [1.165, 1.54) is 0 Å². The van der Waals surface area contributed by atoms with Crippen molar-refractivity contribution >= 4 is 27.2 Å². The van der Waals surface area contributed by atoms with Crippen molar-refractivity contribution in [1.82, 2.24) is 4.72 Å². The number of allylic oxidation sites excluding steroid dienone is 1. The molecule has 1 unspecified atom stereocenters. The van der Waals surface area contributed by atoms with Gasteiger partial charge in [-0.2, -0.15) is 0 Å². The van der Waals surface area contributed by atoms with E-state index in [0.717, 1.165) is 24.0 Å². The fourth-order valence-electron chi connectivity index (χ4n) is 2.12. The van der Waals surface area contributed by atoms with Crippen LogP contribution in [0.3, 0.4) is 0 Å². The van der Waals surface area contributed by atoms with Gasteiger partial charge in [-0.3, -0.25) is 0 Å². The van der Waals surface area contributed by atoms with Crippen LogP contribution in [0.5, 0.6) is 0 Å². The Labute approximate surface area is 119 Å². The maximum atomic E-state index is 12.0. The molecule has 1 aliphatic rings. The van der Waals surface area contributed by atoms with Gasteiger partial charge in [-0.15, -0.1) is 0 Å². The summed E-state index contributed by atoms with van der Waals surface area (Å²) in [7, 11) is -3.25. The van der Waals surface area contributed by atoms with Crippen molar-refractivity contribution in [2.45, 2.75) is 38.0 Å². The van der Waals surface area contributed by atoms with E-state index in [4.69, 9.17) is 11.6 Å². The Hall–Kier alpha value is -0.840. The Morgan fingerprint density at radius 3 is 2.47 bits per heavy atom.